The number of thiazole rings is 1. The molecular weight excluding hydrogens is 484 g/mol. The largest absolute Gasteiger partial charge is 0.417 e. The van der Waals surface area contributed by atoms with E-state index in [0.717, 1.165) is 29.7 Å². The second-order valence-electron chi connectivity index (χ2n) is 7.65. The molecule has 1 amide bonds. The Morgan fingerprint density at radius 3 is 2.39 bits per heavy atom. The van der Waals surface area contributed by atoms with E-state index in [2.05, 4.69) is 20.0 Å². The van der Waals surface area contributed by atoms with Crippen LogP contribution in [0, 0.1) is 5.82 Å². The summed E-state index contributed by atoms with van der Waals surface area (Å²) in [5.74, 6) is -1.47. The van der Waals surface area contributed by atoms with E-state index in [-0.39, 0.29) is 27.6 Å². The van der Waals surface area contributed by atoms with E-state index >= 15 is 0 Å². The van der Waals surface area contributed by atoms with Gasteiger partial charge in [-0.1, -0.05) is 6.07 Å². The lowest BCUT2D eigenvalue weighted by Crippen LogP contribution is -2.35. The Hall–Kier alpha value is -3.06. The lowest BCUT2D eigenvalue weighted by atomic mass is 9.89. The third kappa shape index (κ3) is 5.85. The van der Waals surface area contributed by atoms with E-state index in [9.17, 15) is 30.8 Å². The topological polar surface area (TPSA) is 101 Å². The number of carbonyl (C=O) groups is 1. The molecule has 0 atom stereocenters. The van der Waals surface area contributed by atoms with Crippen molar-refractivity contribution in [1.29, 1.82) is 0 Å². The molecule has 2 N–H and O–H groups in total. The predicted octanol–water partition coefficient (Wildman–Crippen LogP) is 4.65. The third-order valence-corrected chi connectivity index (χ3v) is 6.05. The zero-order chi connectivity index (χ0) is 24.6. The van der Waals surface area contributed by atoms with Crippen LogP contribution in [0.5, 0.6) is 0 Å². The molecule has 3 rings (SSSR count). The molecule has 3 aromatic rings. The van der Waals surface area contributed by atoms with Gasteiger partial charge in [0.25, 0.3) is 0 Å². The highest BCUT2D eigenvalue weighted by molar-refractivity contribution is 7.92. The Bertz CT molecular complexity index is 1300. The predicted molar refractivity (Wildman–Crippen MR) is 117 cm³/mol. The van der Waals surface area contributed by atoms with E-state index in [4.69, 9.17) is 0 Å². The Morgan fingerprint density at radius 1 is 1.09 bits per heavy atom. The van der Waals surface area contributed by atoms with Crippen molar-refractivity contribution in [3.8, 4) is 11.1 Å². The average molecular weight is 503 g/mol. The van der Waals surface area contributed by atoms with Gasteiger partial charge in [0.05, 0.1) is 28.6 Å². The number of pyridine rings is 1. The van der Waals surface area contributed by atoms with E-state index in [1.165, 1.54) is 37.6 Å². The molecule has 0 aliphatic heterocycles. The van der Waals surface area contributed by atoms with Gasteiger partial charge in [-0.05, 0) is 37.6 Å². The van der Waals surface area contributed by atoms with Gasteiger partial charge in [-0.2, -0.15) is 13.2 Å². The second kappa shape index (κ2) is 8.71. The second-order valence-corrected chi connectivity index (χ2v) is 10.3. The summed E-state index contributed by atoms with van der Waals surface area (Å²) in [6, 6.07) is 4.45. The molecule has 33 heavy (non-hydrogen) atoms. The van der Waals surface area contributed by atoms with Crippen LogP contribution in [0.1, 0.15) is 25.1 Å². The minimum absolute atomic E-state index is 0.0651. The number of amides is 1. The number of alkyl halides is 3. The van der Waals surface area contributed by atoms with Gasteiger partial charge in [-0.15, -0.1) is 11.3 Å². The van der Waals surface area contributed by atoms with Gasteiger partial charge >= 0.3 is 6.18 Å². The first-order valence-corrected chi connectivity index (χ1v) is 12.0. The van der Waals surface area contributed by atoms with Crippen molar-refractivity contribution < 1.29 is 30.8 Å². The molecule has 7 nitrogen and oxygen atoms in total. The molecule has 2 aromatic heterocycles. The van der Waals surface area contributed by atoms with Gasteiger partial charge in [-0.25, -0.2) is 17.8 Å². The minimum atomic E-state index is -4.59. The minimum Gasteiger partial charge on any atom is -0.323 e. The van der Waals surface area contributed by atoms with E-state index in [0.29, 0.717) is 6.20 Å². The lowest BCUT2D eigenvalue weighted by molar-refractivity contribution is -0.137. The fourth-order valence-corrected chi connectivity index (χ4v) is 4.44. The first-order chi connectivity index (χ1) is 15.2. The van der Waals surface area contributed by atoms with E-state index < -0.39 is 38.9 Å². The maximum absolute atomic E-state index is 14.7. The van der Waals surface area contributed by atoms with Crippen LogP contribution in [-0.2, 0) is 26.4 Å². The standard InChI is InChI=1S/C20H18F4N4O3S2/c1-19(2,16-10-32-18(27-16)28-33(3,30)31)17(29)26-15-5-4-11(7-14(15)21)12-6-13(9-25-8-12)20(22,23)24/h4-10H,1-3H3,(H,26,29)(H,27,28). The van der Waals surface area contributed by atoms with Crippen LogP contribution in [0.25, 0.3) is 11.1 Å². The van der Waals surface area contributed by atoms with Gasteiger partial charge in [0.2, 0.25) is 15.9 Å². The number of halogens is 4. The molecule has 2 heterocycles. The summed E-state index contributed by atoms with van der Waals surface area (Å²) in [4.78, 5) is 20.5. The Morgan fingerprint density at radius 2 is 1.79 bits per heavy atom. The highest BCUT2D eigenvalue weighted by Crippen LogP contribution is 2.33. The molecule has 0 spiro atoms. The van der Waals surface area contributed by atoms with Crippen molar-refractivity contribution in [3.05, 3.63) is 59.1 Å². The van der Waals surface area contributed by atoms with Crippen LogP contribution in [0.3, 0.4) is 0 Å². The normalized spacial score (nSPS) is 12.5. The fourth-order valence-electron chi connectivity index (χ4n) is 2.71. The molecule has 0 saturated heterocycles. The number of hydrogen-bond donors (Lipinski definition) is 2. The fraction of sp³-hybridized carbons (Fsp3) is 0.250. The number of nitrogens with one attached hydrogen (secondary N) is 2. The summed E-state index contributed by atoms with van der Waals surface area (Å²) < 4.78 is 78.3. The quantitative estimate of drug-likeness (QED) is 0.478. The number of rotatable bonds is 6. The molecule has 0 saturated carbocycles. The van der Waals surface area contributed by atoms with Crippen molar-refractivity contribution in [3.63, 3.8) is 0 Å². The molecule has 1 aromatic carbocycles. The number of nitrogens with zero attached hydrogens (tertiary/aromatic N) is 2. The molecule has 0 aliphatic carbocycles. The monoisotopic (exact) mass is 502 g/mol. The summed E-state index contributed by atoms with van der Waals surface area (Å²) in [7, 11) is -3.54. The van der Waals surface area contributed by atoms with Gasteiger partial charge in [-0.3, -0.25) is 14.5 Å². The van der Waals surface area contributed by atoms with Gasteiger partial charge in [0.1, 0.15) is 5.82 Å². The number of hydrogen-bond acceptors (Lipinski definition) is 6. The highest BCUT2D eigenvalue weighted by atomic mass is 32.2. The Balaban J connectivity index is 1.81. The maximum atomic E-state index is 14.7. The molecule has 176 valence electrons. The Kier molecular flexibility index (Phi) is 6.48. The van der Waals surface area contributed by atoms with Crippen molar-refractivity contribution in [2.24, 2.45) is 0 Å². The SMILES string of the molecule is CC(C)(C(=O)Nc1ccc(-c2cncc(C(F)(F)F)c2)cc1F)c1csc(NS(C)(=O)=O)n1. The molecule has 0 radical (unpaired) electrons. The molecule has 0 aliphatic rings. The number of sulfonamides is 1. The van der Waals surface area contributed by atoms with Crippen molar-refractivity contribution in [2.45, 2.75) is 25.4 Å². The molecule has 13 heteroatoms. The van der Waals surface area contributed by atoms with Crippen LogP contribution in [0.4, 0.5) is 28.4 Å². The van der Waals surface area contributed by atoms with Crippen LogP contribution in [0.15, 0.2) is 42.0 Å². The van der Waals surface area contributed by atoms with Crippen LogP contribution >= 0.6 is 11.3 Å². The summed E-state index contributed by atoms with van der Waals surface area (Å²) in [5.41, 5.74) is -1.91. The number of aromatic nitrogens is 2. The van der Waals surface area contributed by atoms with Crippen molar-refractivity contribution in [2.75, 3.05) is 16.3 Å². The van der Waals surface area contributed by atoms with E-state index in [1.807, 2.05) is 0 Å². The molecular formula is C20H18F4N4O3S2. The summed E-state index contributed by atoms with van der Waals surface area (Å²) in [6.07, 6.45) is -1.77. The molecule has 0 unspecified atom stereocenters. The van der Waals surface area contributed by atoms with Gasteiger partial charge in [0, 0.05) is 23.3 Å². The summed E-state index contributed by atoms with van der Waals surface area (Å²) in [5, 5.41) is 4.03. The first kappa shape index (κ1) is 24.6. The zero-order valence-corrected chi connectivity index (χ0v) is 19.1. The zero-order valence-electron chi connectivity index (χ0n) is 17.5. The first-order valence-electron chi connectivity index (χ1n) is 9.24. The molecule has 0 bridgehead atoms. The van der Waals surface area contributed by atoms with E-state index in [1.54, 1.807) is 0 Å². The average Bonchev–Trinajstić information content (AvgIpc) is 3.16. The molecule has 0 fully saturated rings. The van der Waals surface area contributed by atoms with Crippen LogP contribution in [0.2, 0.25) is 0 Å². The smallest absolute Gasteiger partial charge is 0.323 e. The summed E-state index contributed by atoms with van der Waals surface area (Å²) >= 11 is 0.991. The highest BCUT2D eigenvalue weighted by Gasteiger charge is 2.34. The van der Waals surface area contributed by atoms with Crippen LogP contribution < -0.4 is 10.0 Å². The maximum Gasteiger partial charge on any atom is 0.417 e. The van der Waals surface area contributed by atoms with Crippen LogP contribution in [-0.4, -0.2) is 30.5 Å². The van der Waals surface area contributed by atoms with Gasteiger partial charge < -0.3 is 5.32 Å². The van der Waals surface area contributed by atoms with Gasteiger partial charge in [0.15, 0.2) is 5.13 Å². The third-order valence-electron chi connectivity index (χ3n) is 4.60. The van der Waals surface area contributed by atoms with Crippen molar-refractivity contribution >= 4 is 38.1 Å². The number of benzene rings is 1. The van der Waals surface area contributed by atoms with Crippen molar-refractivity contribution in [1.82, 2.24) is 9.97 Å². The lowest BCUT2D eigenvalue weighted by Gasteiger charge is -2.22. The number of anilines is 2. The Labute approximate surface area is 190 Å². The number of carbonyl (C=O) groups excluding carboxylic acids is 1. The summed E-state index contributed by atoms with van der Waals surface area (Å²) in [6.45, 7) is 3.06.